The van der Waals surface area contributed by atoms with Crippen molar-refractivity contribution in [2.75, 3.05) is 13.2 Å². The summed E-state index contributed by atoms with van der Waals surface area (Å²) in [6.07, 6.45) is -28.3. The molecule has 0 unspecified atom stereocenters. The first-order valence-corrected chi connectivity index (χ1v) is 26.5. The number of fused-ring (bicyclic) bond motifs is 2. The number of benzene rings is 3. The molecular formula is C52H29F24GaO2S2. The molecule has 81 heavy (non-hydrogen) atoms. The molecule has 0 aliphatic carbocycles. The van der Waals surface area contributed by atoms with Crippen LogP contribution < -0.4 is 4.74 Å². The Hall–Kier alpha value is -8.20. The summed E-state index contributed by atoms with van der Waals surface area (Å²) >= 11 is -2.06. The monoisotopic (exact) mass is 1270 g/mol. The molecule has 29 heteroatoms. The van der Waals surface area contributed by atoms with Crippen LogP contribution in [0.5, 0.6) is 5.75 Å². The standard InChI is InChI=1S/C20H17O2S2.4C6H.4C2F6.Ga.4H2/c21-13-14-22-15-9-11-16(12-10-15)24-19-7-3-1-5-17(19)23-18-6-2-4-8-20(18)24;4*1-3-5-6-4-2;4*3-1(4,5)2(6,7)8;;;;;/h1-12,21H,13-14H2;4*1H;;;;;;4*1H/q+1;;;;;;;;;-1;;;;. The fourth-order valence-corrected chi connectivity index (χ4v) is 10.9. The second kappa shape index (κ2) is 34.1. The summed E-state index contributed by atoms with van der Waals surface area (Å²) in [5.41, 5.74) is 0. The zero-order chi connectivity index (χ0) is 63.0. The number of aliphatic hydroxyl groups excluding tert-OH is 1. The van der Waals surface area contributed by atoms with E-state index in [0.29, 0.717) is 6.61 Å². The number of alkyl halides is 24. The quantitative estimate of drug-likeness (QED) is 0.0956. The number of aliphatic hydroxyl groups is 1. The van der Waals surface area contributed by atoms with Crippen LogP contribution in [0.2, 0.25) is 0 Å². The van der Waals surface area contributed by atoms with Gasteiger partial charge in [-0.1, -0.05) is 36.0 Å². The van der Waals surface area contributed by atoms with Crippen molar-refractivity contribution in [1.82, 2.24) is 0 Å². The molecule has 0 radical (unpaired) electrons. The molecule has 3 aromatic rings. The van der Waals surface area contributed by atoms with E-state index >= 15 is 0 Å². The number of hydrogen-bond acceptors (Lipinski definition) is 3. The van der Waals surface area contributed by atoms with Crippen molar-refractivity contribution in [3.05, 3.63) is 72.8 Å². The van der Waals surface area contributed by atoms with Crippen LogP contribution in [0.4, 0.5) is 105 Å². The first-order chi connectivity index (χ1) is 37.1. The molecule has 2 nitrogen and oxygen atoms in total. The largest absolute Gasteiger partial charge is 0.491 e. The number of halogens is 24. The van der Waals surface area contributed by atoms with Crippen LogP contribution in [0.1, 0.15) is 5.71 Å². The minimum Gasteiger partial charge on any atom is -0.491 e. The molecule has 1 N–H and O–H groups in total. The summed E-state index contributed by atoms with van der Waals surface area (Å²) in [4.78, 5) is 6.71. The SMILES string of the molecule is C#CC#CC#[C][Ga-]([C]#CC#CC#C)([C]#CC#CC#C)[C]#CC#CC#C.FC(F)(F)C(F)(F)F.FC(F)(F)C(F)(F)F.FC(F)(F)C(F)(F)F.FC(F)(F)C(F)(F)F.OCCOc1ccc([S+]2c3ccccc3Sc3ccccc32)cc1.[HH].[HH].[HH].[HH]. The van der Waals surface area contributed by atoms with Crippen molar-refractivity contribution in [1.29, 1.82) is 0 Å². The molecule has 4 rings (SSSR count). The van der Waals surface area contributed by atoms with Gasteiger partial charge in [-0.3, -0.25) is 0 Å². The fourth-order valence-electron chi connectivity index (χ4n) is 3.80. The molecule has 432 valence electrons. The van der Waals surface area contributed by atoms with Crippen molar-refractivity contribution >= 4 is 37.7 Å². The minimum absolute atomic E-state index is 0. The zero-order valence-electron chi connectivity index (χ0n) is 39.0. The summed E-state index contributed by atoms with van der Waals surface area (Å²) in [5, 5.41) is 8.88. The number of hydrogen-bond donors (Lipinski definition) is 1. The molecule has 0 atom stereocenters. The van der Waals surface area contributed by atoms with E-state index in [9.17, 15) is 105 Å². The number of ether oxygens (including phenoxy) is 1. The van der Waals surface area contributed by atoms with Crippen molar-refractivity contribution in [2.45, 2.75) is 73.9 Å². The Labute approximate surface area is 461 Å². The third-order valence-corrected chi connectivity index (χ3v) is 15.6. The Bertz CT molecular complexity index is 2900. The molecule has 0 fully saturated rings. The number of rotatable bonds is 4. The summed E-state index contributed by atoms with van der Waals surface area (Å²) in [7, 11) is -0.0977. The molecule has 0 saturated carbocycles. The van der Waals surface area contributed by atoms with E-state index in [1.54, 1.807) is 0 Å². The van der Waals surface area contributed by atoms with Gasteiger partial charge in [-0.05, 0) is 48.5 Å². The molecule has 3 aromatic carbocycles. The van der Waals surface area contributed by atoms with Crippen molar-refractivity contribution in [3.8, 4) is 144 Å². The molecule has 0 amide bonds. The third kappa shape index (κ3) is 30.1. The minimum atomic E-state index is -6.06. The van der Waals surface area contributed by atoms with Crippen molar-refractivity contribution in [2.24, 2.45) is 0 Å². The average molecular weight is 1280 g/mol. The van der Waals surface area contributed by atoms with Gasteiger partial charge in [0, 0.05) is 5.71 Å². The van der Waals surface area contributed by atoms with E-state index in [4.69, 9.17) is 35.5 Å². The summed E-state index contributed by atoms with van der Waals surface area (Å²) in [6.45, 7) is 0.359. The predicted molar refractivity (Wildman–Crippen MR) is 258 cm³/mol. The van der Waals surface area contributed by atoms with Crippen LogP contribution in [0.3, 0.4) is 0 Å². The maximum absolute atomic E-state index is 10.4. The van der Waals surface area contributed by atoms with Crippen LogP contribution in [-0.2, 0) is 10.9 Å². The zero-order valence-corrected chi connectivity index (χ0v) is 43.0. The van der Waals surface area contributed by atoms with Gasteiger partial charge >= 0.3 is 203 Å². The Kier molecular flexibility index (Phi) is 31.5. The van der Waals surface area contributed by atoms with Crippen molar-refractivity contribution in [3.63, 3.8) is 0 Å². The normalized spacial score (nSPS) is 11.2. The molecule has 0 aromatic heterocycles. The van der Waals surface area contributed by atoms with Crippen LogP contribution >= 0.6 is 11.8 Å². The Morgan fingerprint density at radius 1 is 0.395 bits per heavy atom. The summed E-state index contributed by atoms with van der Waals surface area (Å²) < 4.78 is 268. The molecule has 0 saturated heterocycles. The maximum atomic E-state index is 10.4. The van der Waals surface area contributed by atoms with Gasteiger partial charge in [-0.25, -0.2) is 0 Å². The first-order valence-electron chi connectivity index (χ1n) is 19.7. The smallest absolute Gasteiger partial charge is 0.487 e. The fraction of sp³-hybridized carbons (Fsp3) is 0.192. The van der Waals surface area contributed by atoms with Gasteiger partial charge < -0.3 is 9.84 Å². The van der Waals surface area contributed by atoms with Crippen molar-refractivity contribution < 1.29 is 121 Å². The van der Waals surface area contributed by atoms with E-state index in [-0.39, 0.29) is 23.2 Å². The van der Waals surface area contributed by atoms with E-state index in [0.717, 1.165) is 5.75 Å². The van der Waals surface area contributed by atoms with Gasteiger partial charge in [0.15, 0.2) is 14.7 Å². The Balaban J connectivity index is -0.000000238. The summed E-state index contributed by atoms with van der Waals surface area (Å²) in [6, 6.07) is 25.6. The Morgan fingerprint density at radius 3 is 0.889 bits per heavy atom. The van der Waals surface area contributed by atoms with Crippen LogP contribution in [-0.4, -0.2) is 82.8 Å². The van der Waals surface area contributed by atoms with Gasteiger partial charge in [-0.15, -0.1) is 0 Å². The molecule has 1 heterocycles. The first kappa shape index (κ1) is 74.9. The molecule has 1 aliphatic rings. The van der Waals surface area contributed by atoms with Crippen LogP contribution in [0.15, 0.2) is 97.3 Å². The topological polar surface area (TPSA) is 29.5 Å². The molecule has 1 aliphatic heterocycles. The van der Waals surface area contributed by atoms with Crippen LogP contribution in [0.25, 0.3) is 0 Å². The maximum Gasteiger partial charge on any atom is 0.487 e. The average Bonchev–Trinajstić information content (AvgIpc) is 3.38. The summed E-state index contributed by atoms with van der Waals surface area (Å²) in [5.74, 6) is 39.3. The molecular weight excluding hydrogens is 1250 g/mol. The molecule has 0 spiro atoms. The van der Waals surface area contributed by atoms with Gasteiger partial charge in [0.1, 0.15) is 23.3 Å². The van der Waals surface area contributed by atoms with Gasteiger partial charge in [-0.2, -0.15) is 105 Å². The molecule has 0 bridgehead atoms. The third-order valence-electron chi connectivity index (χ3n) is 7.01. The van der Waals surface area contributed by atoms with E-state index in [2.05, 4.69) is 173 Å². The van der Waals surface area contributed by atoms with Crippen LogP contribution in [0, 0.1) is 138 Å². The second-order valence-electron chi connectivity index (χ2n) is 12.8. The van der Waals surface area contributed by atoms with Gasteiger partial charge in [0.25, 0.3) is 0 Å². The number of terminal acetylenes is 4. The predicted octanol–water partition coefficient (Wildman–Crippen LogP) is 14.2. The Morgan fingerprint density at radius 2 is 0.654 bits per heavy atom. The van der Waals surface area contributed by atoms with Gasteiger partial charge in [0.05, 0.1) is 16.4 Å². The second-order valence-corrected chi connectivity index (χ2v) is 22.0. The van der Waals surface area contributed by atoms with Gasteiger partial charge in [0.2, 0.25) is 0 Å². The van der Waals surface area contributed by atoms with E-state index in [1.165, 1.54) is 24.5 Å². The van der Waals surface area contributed by atoms with E-state index in [1.807, 2.05) is 23.9 Å². The van der Waals surface area contributed by atoms with E-state index < -0.39 is 64.4 Å².